The Bertz CT molecular complexity index is 625. The summed E-state index contributed by atoms with van der Waals surface area (Å²) < 4.78 is 32.9. The van der Waals surface area contributed by atoms with Gasteiger partial charge in [-0.05, 0) is 48.3 Å². The molecule has 0 saturated heterocycles. The average molecular weight is 318 g/mol. The van der Waals surface area contributed by atoms with Crippen molar-refractivity contribution in [3.05, 3.63) is 53.1 Å². The second-order valence-corrected chi connectivity index (χ2v) is 6.85. The Hall–Kier alpha value is -1.64. The van der Waals surface area contributed by atoms with Crippen molar-refractivity contribution in [2.24, 2.45) is 11.8 Å². The Balaban J connectivity index is 1.72. The van der Waals surface area contributed by atoms with Crippen LogP contribution in [0, 0.1) is 23.5 Å². The summed E-state index contributed by atoms with van der Waals surface area (Å²) in [5.74, 6) is -0.346. The maximum atomic E-state index is 14.2. The molecule has 0 radical (unpaired) electrons. The van der Waals surface area contributed by atoms with E-state index in [2.05, 4.69) is 19.1 Å². The van der Waals surface area contributed by atoms with E-state index in [0.29, 0.717) is 11.5 Å². The fourth-order valence-corrected chi connectivity index (χ4v) is 3.75. The van der Waals surface area contributed by atoms with Crippen molar-refractivity contribution < 1.29 is 13.5 Å². The maximum Gasteiger partial charge on any atom is 0.200 e. The lowest BCUT2D eigenvalue weighted by Gasteiger charge is -2.29. The Morgan fingerprint density at radius 3 is 2.39 bits per heavy atom. The molecule has 0 amide bonds. The van der Waals surface area contributed by atoms with Crippen LogP contribution in [0.1, 0.15) is 50.5 Å². The summed E-state index contributed by atoms with van der Waals surface area (Å²) >= 11 is 0. The van der Waals surface area contributed by atoms with E-state index in [4.69, 9.17) is 4.74 Å². The number of hydrogen-bond acceptors (Lipinski definition) is 1. The maximum absolute atomic E-state index is 14.2. The standard InChI is InChI=1S/C20H24F2O/c1-13-3-5-14(6-4-13)15-7-9-16(10-8-15)17-11-12-18(23-2)20(22)19(17)21/h7-9,11-14,16H,3-6,10H2,1-2H3. The first-order valence-electron chi connectivity index (χ1n) is 8.50. The molecule has 0 aliphatic heterocycles. The number of ether oxygens (including phenoxy) is 1. The van der Waals surface area contributed by atoms with Crippen LogP contribution >= 0.6 is 0 Å². The topological polar surface area (TPSA) is 9.23 Å². The molecule has 124 valence electrons. The lowest BCUT2D eigenvalue weighted by molar-refractivity contribution is 0.322. The molecule has 1 aromatic carbocycles. The smallest absolute Gasteiger partial charge is 0.200 e. The van der Waals surface area contributed by atoms with Crippen molar-refractivity contribution in [3.8, 4) is 5.75 Å². The molecule has 3 rings (SSSR count). The Morgan fingerprint density at radius 1 is 1.04 bits per heavy atom. The van der Waals surface area contributed by atoms with Crippen LogP contribution < -0.4 is 4.74 Å². The quantitative estimate of drug-likeness (QED) is 0.687. The van der Waals surface area contributed by atoms with Crippen LogP contribution in [-0.2, 0) is 0 Å². The molecule has 0 N–H and O–H groups in total. The van der Waals surface area contributed by atoms with Crippen molar-refractivity contribution in [1.29, 1.82) is 0 Å². The van der Waals surface area contributed by atoms with Crippen LogP contribution in [0.2, 0.25) is 0 Å². The largest absolute Gasteiger partial charge is 0.494 e. The predicted octanol–water partition coefficient (Wildman–Crippen LogP) is 5.77. The molecule has 3 heteroatoms. The summed E-state index contributed by atoms with van der Waals surface area (Å²) in [6, 6.07) is 3.14. The molecule has 1 fully saturated rings. The van der Waals surface area contributed by atoms with Crippen LogP contribution in [0.25, 0.3) is 0 Å². The summed E-state index contributed by atoms with van der Waals surface area (Å²) in [6.45, 7) is 2.32. The zero-order valence-electron chi connectivity index (χ0n) is 13.8. The average Bonchev–Trinajstić information content (AvgIpc) is 2.58. The Labute approximate surface area is 137 Å². The highest BCUT2D eigenvalue weighted by molar-refractivity contribution is 5.38. The van der Waals surface area contributed by atoms with Gasteiger partial charge in [0.15, 0.2) is 11.6 Å². The summed E-state index contributed by atoms with van der Waals surface area (Å²) in [4.78, 5) is 0. The molecule has 0 heterocycles. The van der Waals surface area contributed by atoms with Gasteiger partial charge in [-0.15, -0.1) is 0 Å². The van der Waals surface area contributed by atoms with Gasteiger partial charge in [-0.1, -0.05) is 44.1 Å². The molecule has 1 aromatic rings. The van der Waals surface area contributed by atoms with Gasteiger partial charge in [-0.2, -0.15) is 4.39 Å². The van der Waals surface area contributed by atoms with Gasteiger partial charge in [0.25, 0.3) is 0 Å². The molecule has 1 nitrogen and oxygen atoms in total. The molecular weight excluding hydrogens is 294 g/mol. The highest BCUT2D eigenvalue weighted by atomic mass is 19.2. The third kappa shape index (κ3) is 3.34. The van der Waals surface area contributed by atoms with Crippen molar-refractivity contribution in [3.63, 3.8) is 0 Å². The van der Waals surface area contributed by atoms with E-state index >= 15 is 0 Å². The third-order valence-electron chi connectivity index (χ3n) is 5.31. The van der Waals surface area contributed by atoms with Crippen molar-refractivity contribution in [2.75, 3.05) is 7.11 Å². The van der Waals surface area contributed by atoms with Gasteiger partial charge in [0.2, 0.25) is 5.82 Å². The van der Waals surface area contributed by atoms with Gasteiger partial charge in [0, 0.05) is 5.92 Å². The van der Waals surface area contributed by atoms with Crippen LogP contribution in [0.15, 0.2) is 35.9 Å². The number of methoxy groups -OCH3 is 1. The lowest BCUT2D eigenvalue weighted by Crippen LogP contribution is -2.15. The predicted molar refractivity (Wildman–Crippen MR) is 88.6 cm³/mol. The van der Waals surface area contributed by atoms with E-state index in [1.54, 1.807) is 6.07 Å². The van der Waals surface area contributed by atoms with E-state index < -0.39 is 11.6 Å². The molecule has 0 spiro atoms. The molecule has 1 atom stereocenters. The number of halogens is 2. The molecule has 23 heavy (non-hydrogen) atoms. The minimum absolute atomic E-state index is 0.0430. The van der Waals surface area contributed by atoms with Crippen molar-refractivity contribution in [2.45, 2.75) is 44.9 Å². The Morgan fingerprint density at radius 2 is 1.78 bits per heavy atom. The normalized spacial score (nSPS) is 27.7. The van der Waals surface area contributed by atoms with Gasteiger partial charge < -0.3 is 4.74 Å². The van der Waals surface area contributed by atoms with Crippen molar-refractivity contribution >= 4 is 0 Å². The second kappa shape index (κ2) is 6.86. The van der Waals surface area contributed by atoms with Gasteiger partial charge in [-0.25, -0.2) is 4.39 Å². The summed E-state index contributed by atoms with van der Waals surface area (Å²) in [7, 11) is 1.35. The zero-order chi connectivity index (χ0) is 16.4. The second-order valence-electron chi connectivity index (χ2n) is 6.85. The first kappa shape index (κ1) is 16.2. The third-order valence-corrected chi connectivity index (χ3v) is 5.31. The minimum atomic E-state index is -0.894. The minimum Gasteiger partial charge on any atom is -0.494 e. The molecule has 0 bridgehead atoms. The first-order chi connectivity index (χ1) is 11.1. The summed E-state index contributed by atoms with van der Waals surface area (Å²) in [6.07, 6.45) is 12.2. The fourth-order valence-electron chi connectivity index (χ4n) is 3.75. The molecule has 2 aliphatic carbocycles. The molecular formula is C20H24F2O. The summed E-state index contributed by atoms with van der Waals surface area (Å²) in [5, 5.41) is 0. The molecule has 1 unspecified atom stereocenters. The van der Waals surface area contributed by atoms with E-state index in [1.807, 2.05) is 6.08 Å². The monoisotopic (exact) mass is 318 g/mol. The highest BCUT2D eigenvalue weighted by Crippen LogP contribution is 2.38. The number of benzene rings is 1. The van der Waals surface area contributed by atoms with Gasteiger partial charge >= 0.3 is 0 Å². The van der Waals surface area contributed by atoms with E-state index in [9.17, 15) is 8.78 Å². The lowest BCUT2D eigenvalue weighted by atomic mass is 9.76. The van der Waals surface area contributed by atoms with E-state index in [1.165, 1.54) is 44.4 Å². The Kier molecular flexibility index (Phi) is 4.84. The zero-order valence-corrected chi connectivity index (χ0v) is 13.8. The van der Waals surface area contributed by atoms with Gasteiger partial charge in [0.1, 0.15) is 0 Å². The van der Waals surface area contributed by atoms with Gasteiger partial charge in [0.05, 0.1) is 7.11 Å². The molecule has 0 aromatic heterocycles. The SMILES string of the molecule is COc1ccc(C2C=CC(C3CCC(C)CC3)=CC2)c(F)c1F. The highest BCUT2D eigenvalue weighted by Gasteiger charge is 2.24. The number of hydrogen-bond donors (Lipinski definition) is 0. The van der Waals surface area contributed by atoms with E-state index in [-0.39, 0.29) is 11.7 Å². The fraction of sp³-hybridized carbons (Fsp3) is 0.500. The van der Waals surface area contributed by atoms with Crippen LogP contribution in [0.5, 0.6) is 5.75 Å². The van der Waals surface area contributed by atoms with Gasteiger partial charge in [-0.3, -0.25) is 0 Å². The number of allylic oxidation sites excluding steroid dienone is 4. The van der Waals surface area contributed by atoms with Crippen LogP contribution in [0.3, 0.4) is 0 Å². The molecule has 2 aliphatic rings. The first-order valence-corrected chi connectivity index (χ1v) is 8.50. The number of rotatable bonds is 3. The van der Waals surface area contributed by atoms with E-state index in [0.717, 1.165) is 12.3 Å². The van der Waals surface area contributed by atoms with Crippen LogP contribution in [0.4, 0.5) is 8.78 Å². The molecule has 1 saturated carbocycles. The van der Waals surface area contributed by atoms with Crippen LogP contribution in [-0.4, -0.2) is 7.11 Å². The summed E-state index contributed by atoms with van der Waals surface area (Å²) in [5.41, 5.74) is 1.79. The van der Waals surface area contributed by atoms with Crippen molar-refractivity contribution in [1.82, 2.24) is 0 Å².